The van der Waals surface area contributed by atoms with Crippen LogP contribution >= 0.6 is 11.6 Å². The molecule has 0 radical (unpaired) electrons. The fourth-order valence-electron chi connectivity index (χ4n) is 3.44. The van der Waals surface area contributed by atoms with Crippen LogP contribution in [0.2, 0.25) is 5.02 Å². The summed E-state index contributed by atoms with van der Waals surface area (Å²) < 4.78 is 0. The molecule has 23 heavy (non-hydrogen) atoms. The smallest absolute Gasteiger partial charge is 0.244 e. The molecule has 1 aromatic rings. The van der Waals surface area contributed by atoms with Gasteiger partial charge in [-0.15, -0.1) is 0 Å². The van der Waals surface area contributed by atoms with Crippen molar-refractivity contribution in [1.82, 2.24) is 4.90 Å². The molecule has 6 heteroatoms. The van der Waals surface area contributed by atoms with Crippen LogP contribution in [-0.4, -0.2) is 29.2 Å². The number of imide groups is 1. The average molecular weight is 335 g/mol. The quantitative estimate of drug-likeness (QED) is 0.864. The molecule has 1 heterocycles. The van der Waals surface area contributed by atoms with Gasteiger partial charge in [0.1, 0.15) is 6.54 Å². The first-order valence-electron chi connectivity index (χ1n) is 7.88. The minimum absolute atomic E-state index is 0.204. The van der Waals surface area contributed by atoms with E-state index >= 15 is 0 Å². The minimum Gasteiger partial charge on any atom is -0.323 e. The van der Waals surface area contributed by atoms with Crippen LogP contribution in [0.4, 0.5) is 5.69 Å². The highest BCUT2D eigenvalue weighted by atomic mass is 35.5. The second-order valence-corrected chi connectivity index (χ2v) is 6.70. The summed E-state index contributed by atoms with van der Waals surface area (Å²) in [6.45, 7) is 1.66. The predicted molar refractivity (Wildman–Crippen MR) is 87.0 cm³/mol. The van der Waals surface area contributed by atoms with Crippen molar-refractivity contribution in [2.45, 2.75) is 32.6 Å². The van der Waals surface area contributed by atoms with Gasteiger partial charge in [0, 0.05) is 0 Å². The largest absolute Gasteiger partial charge is 0.323 e. The van der Waals surface area contributed by atoms with E-state index in [-0.39, 0.29) is 30.2 Å². The van der Waals surface area contributed by atoms with Gasteiger partial charge in [-0.3, -0.25) is 19.3 Å². The third kappa shape index (κ3) is 3.11. The molecule has 2 atom stereocenters. The van der Waals surface area contributed by atoms with Gasteiger partial charge in [-0.25, -0.2) is 0 Å². The molecular formula is C17H19ClN2O3. The van der Waals surface area contributed by atoms with Gasteiger partial charge in [-0.2, -0.15) is 0 Å². The summed E-state index contributed by atoms with van der Waals surface area (Å²) in [6.07, 6.45) is 3.44. The zero-order chi connectivity index (χ0) is 16.6. The molecule has 122 valence electrons. The number of carbonyl (C=O) groups is 3. The van der Waals surface area contributed by atoms with Gasteiger partial charge in [0.25, 0.3) is 0 Å². The van der Waals surface area contributed by atoms with Gasteiger partial charge >= 0.3 is 0 Å². The van der Waals surface area contributed by atoms with Crippen molar-refractivity contribution in [2.75, 3.05) is 11.9 Å². The number of nitrogens with one attached hydrogen (secondary N) is 1. The maximum atomic E-state index is 12.3. The third-order valence-electron chi connectivity index (χ3n) is 4.63. The highest BCUT2D eigenvalue weighted by Gasteiger charge is 2.48. The van der Waals surface area contributed by atoms with Gasteiger partial charge in [0.05, 0.1) is 22.5 Å². The number of anilines is 1. The number of hydrogen-bond donors (Lipinski definition) is 1. The first-order valence-corrected chi connectivity index (χ1v) is 8.26. The molecule has 0 aromatic heterocycles. The van der Waals surface area contributed by atoms with Crippen LogP contribution in [0.25, 0.3) is 0 Å². The summed E-state index contributed by atoms with van der Waals surface area (Å²) in [5.41, 5.74) is 1.47. The summed E-state index contributed by atoms with van der Waals surface area (Å²) in [4.78, 5) is 38.0. The highest BCUT2D eigenvalue weighted by Crippen LogP contribution is 2.37. The van der Waals surface area contributed by atoms with E-state index in [2.05, 4.69) is 5.32 Å². The molecule has 0 bridgehead atoms. The van der Waals surface area contributed by atoms with Crippen LogP contribution in [0.3, 0.4) is 0 Å². The number of fused-ring (bicyclic) bond motifs is 1. The van der Waals surface area contributed by atoms with E-state index < -0.39 is 5.91 Å². The Labute approximate surface area is 140 Å². The molecule has 1 aliphatic heterocycles. The monoisotopic (exact) mass is 334 g/mol. The molecule has 3 rings (SSSR count). The summed E-state index contributed by atoms with van der Waals surface area (Å²) in [5, 5.41) is 3.11. The Bertz CT molecular complexity index is 650. The second-order valence-electron chi connectivity index (χ2n) is 6.29. The number of halogens is 1. The molecule has 1 aliphatic carbocycles. The molecule has 0 unspecified atom stereocenters. The predicted octanol–water partition coefficient (Wildman–Crippen LogP) is 2.76. The standard InChI is InChI=1S/C17H19ClN2O3/c1-10-6-7-14(13(18)8-10)19-15(21)9-20-16(22)11-4-2-3-5-12(11)17(20)23/h6-8,11-12H,2-5,9H2,1H3,(H,19,21)/t11-,12+. The van der Waals surface area contributed by atoms with Crippen molar-refractivity contribution in [2.24, 2.45) is 11.8 Å². The normalized spacial score (nSPS) is 23.8. The van der Waals surface area contributed by atoms with Crippen LogP contribution in [0, 0.1) is 18.8 Å². The zero-order valence-corrected chi connectivity index (χ0v) is 13.7. The Hall–Kier alpha value is -1.88. The fourth-order valence-corrected chi connectivity index (χ4v) is 3.72. The Morgan fingerprint density at radius 2 is 1.83 bits per heavy atom. The minimum atomic E-state index is -0.406. The Morgan fingerprint density at radius 3 is 2.39 bits per heavy atom. The summed E-state index contributed by atoms with van der Waals surface area (Å²) in [5.74, 6) is -1.27. The van der Waals surface area contributed by atoms with E-state index in [1.165, 1.54) is 0 Å². The van der Waals surface area contributed by atoms with Crippen LogP contribution in [0.1, 0.15) is 31.2 Å². The van der Waals surface area contributed by atoms with Crippen molar-refractivity contribution < 1.29 is 14.4 Å². The third-order valence-corrected chi connectivity index (χ3v) is 4.95. The van der Waals surface area contributed by atoms with Crippen LogP contribution in [0.5, 0.6) is 0 Å². The van der Waals surface area contributed by atoms with Crippen molar-refractivity contribution in [1.29, 1.82) is 0 Å². The van der Waals surface area contributed by atoms with E-state index in [0.717, 1.165) is 36.1 Å². The van der Waals surface area contributed by atoms with Gasteiger partial charge in [-0.05, 0) is 37.5 Å². The number of benzene rings is 1. The van der Waals surface area contributed by atoms with Crippen molar-refractivity contribution in [3.8, 4) is 0 Å². The van der Waals surface area contributed by atoms with E-state index in [1.54, 1.807) is 12.1 Å². The molecule has 0 spiro atoms. The number of hydrogen-bond acceptors (Lipinski definition) is 3. The number of aryl methyl sites for hydroxylation is 1. The molecule has 3 amide bonds. The van der Waals surface area contributed by atoms with E-state index in [1.807, 2.05) is 13.0 Å². The van der Waals surface area contributed by atoms with E-state index in [0.29, 0.717) is 10.7 Å². The maximum absolute atomic E-state index is 12.3. The molecule has 1 aromatic carbocycles. The number of likely N-dealkylation sites (tertiary alicyclic amines) is 1. The lowest BCUT2D eigenvalue weighted by atomic mass is 9.81. The number of carbonyl (C=O) groups excluding carboxylic acids is 3. The van der Waals surface area contributed by atoms with Crippen molar-refractivity contribution in [3.63, 3.8) is 0 Å². The van der Waals surface area contributed by atoms with E-state index in [4.69, 9.17) is 11.6 Å². The van der Waals surface area contributed by atoms with Crippen LogP contribution < -0.4 is 5.32 Å². The first-order chi connectivity index (χ1) is 11.0. The molecule has 1 saturated carbocycles. The lowest BCUT2D eigenvalue weighted by Crippen LogP contribution is -2.38. The summed E-state index contributed by atoms with van der Waals surface area (Å²) in [7, 11) is 0. The number of amides is 3. The number of rotatable bonds is 3. The van der Waals surface area contributed by atoms with Gasteiger partial charge < -0.3 is 5.32 Å². The van der Waals surface area contributed by atoms with Gasteiger partial charge in [0.2, 0.25) is 17.7 Å². The lowest BCUT2D eigenvalue weighted by molar-refractivity contribution is -0.142. The molecule has 2 aliphatic rings. The van der Waals surface area contributed by atoms with Crippen molar-refractivity contribution in [3.05, 3.63) is 28.8 Å². The molecule has 1 N–H and O–H groups in total. The zero-order valence-electron chi connectivity index (χ0n) is 13.0. The Balaban J connectivity index is 1.68. The second kappa shape index (κ2) is 6.32. The lowest BCUT2D eigenvalue weighted by Gasteiger charge is -2.19. The Morgan fingerprint density at radius 1 is 1.22 bits per heavy atom. The maximum Gasteiger partial charge on any atom is 0.244 e. The fraction of sp³-hybridized carbons (Fsp3) is 0.471. The number of nitrogens with zero attached hydrogens (tertiary/aromatic N) is 1. The molecule has 5 nitrogen and oxygen atoms in total. The molecular weight excluding hydrogens is 316 g/mol. The van der Waals surface area contributed by atoms with Gasteiger partial charge in [-0.1, -0.05) is 30.5 Å². The topological polar surface area (TPSA) is 66.5 Å². The highest BCUT2D eigenvalue weighted by molar-refractivity contribution is 6.33. The van der Waals surface area contributed by atoms with Crippen molar-refractivity contribution >= 4 is 35.0 Å². The van der Waals surface area contributed by atoms with Gasteiger partial charge in [0.15, 0.2) is 0 Å². The first kappa shape index (κ1) is 16.0. The van der Waals surface area contributed by atoms with E-state index in [9.17, 15) is 14.4 Å². The summed E-state index contributed by atoms with van der Waals surface area (Å²) >= 11 is 6.08. The Kier molecular flexibility index (Phi) is 4.39. The van der Waals surface area contributed by atoms with Crippen LogP contribution in [0.15, 0.2) is 18.2 Å². The molecule has 2 fully saturated rings. The van der Waals surface area contributed by atoms with Crippen LogP contribution in [-0.2, 0) is 14.4 Å². The average Bonchev–Trinajstić information content (AvgIpc) is 2.76. The molecule has 1 saturated heterocycles. The SMILES string of the molecule is Cc1ccc(NC(=O)CN2C(=O)[C@H]3CCCC[C@H]3C2=O)c(Cl)c1. The summed E-state index contributed by atoms with van der Waals surface area (Å²) in [6, 6.07) is 5.29.